The van der Waals surface area contributed by atoms with Gasteiger partial charge in [0.1, 0.15) is 0 Å². The molecule has 0 aliphatic carbocycles. The average molecular weight is 382 g/mol. The van der Waals surface area contributed by atoms with Crippen LogP contribution in [-0.2, 0) is 0 Å². The lowest BCUT2D eigenvalue weighted by molar-refractivity contribution is 0.101. The van der Waals surface area contributed by atoms with Crippen LogP contribution < -0.4 is 5.32 Å². The second-order valence-electron chi connectivity index (χ2n) is 7.13. The summed E-state index contributed by atoms with van der Waals surface area (Å²) in [6.07, 6.45) is 0. The molecule has 29 heavy (non-hydrogen) atoms. The Hall–Kier alpha value is -3.73. The monoisotopic (exact) mass is 382 g/mol. The molecule has 0 spiro atoms. The van der Waals surface area contributed by atoms with Crippen LogP contribution >= 0.6 is 0 Å². The SMILES string of the molecule is Cc1cccc(NC(=O)c2nc(-c3ccccc3)n(-c3ccc(C)c(C)c3)n2)c1. The molecule has 3 aromatic carbocycles. The van der Waals surface area contributed by atoms with Crippen molar-refractivity contribution in [3.8, 4) is 17.1 Å². The Morgan fingerprint density at radius 3 is 2.38 bits per heavy atom. The van der Waals surface area contributed by atoms with Crippen LogP contribution in [0.1, 0.15) is 27.3 Å². The van der Waals surface area contributed by atoms with Crippen molar-refractivity contribution in [3.05, 3.63) is 95.3 Å². The van der Waals surface area contributed by atoms with Gasteiger partial charge < -0.3 is 5.32 Å². The Kier molecular flexibility index (Phi) is 4.96. The van der Waals surface area contributed by atoms with Gasteiger partial charge in [-0.05, 0) is 61.7 Å². The Bertz CT molecular complexity index is 1180. The van der Waals surface area contributed by atoms with Crippen LogP contribution in [0.2, 0.25) is 0 Å². The maximum Gasteiger partial charge on any atom is 0.295 e. The van der Waals surface area contributed by atoms with E-state index in [0.717, 1.165) is 28.1 Å². The number of aryl methyl sites for hydroxylation is 3. The van der Waals surface area contributed by atoms with Gasteiger partial charge in [0.25, 0.3) is 5.91 Å². The van der Waals surface area contributed by atoms with Crippen LogP contribution in [0.3, 0.4) is 0 Å². The minimum Gasteiger partial charge on any atom is -0.319 e. The molecule has 0 aliphatic heterocycles. The number of hydrogen-bond donors (Lipinski definition) is 1. The molecule has 144 valence electrons. The molecular weight excluding hydrogens is 360 g/mol. The number of aromatic nitrogens is 3. The van der Waals surface area contributed by atoms with Crippen molar-refractivity contribution in [1.29, 1.82) is 0 Å². The van der Waals surface area contributed by atoms with Gasteiger partial charge in [-0.3, -0.25) is 4.79 Å². The molecule has 0 radical (unpaired) electrons. The maximum absolute atomic E-state index is 12.8. The van der Waals surface area contributed by atoms with Crippen molar-refractivity contribution in [2.45, 2.75) is 20.8 Å². The summed E-state index contributed by atoms with van der Waals surface area (Å²) >= 11 is 0. The number of benzene rings is 3. The summed E-state index contributed by atoms with van der Waals surface area (Å²) in [6.45, 7) is 6.11. The Balaban J connectivity index is 1.77. The van der Waals surface area contributed by atoms with E-state index in [9.17, 15) is 4.79 Å². The van der Waals surface area contributed by atoms with Gasteiger partial charge in [0.2, 0.25) is 5.82 Å². The van der Waals surface area contributed by atoms with E-state index < -0.39 is 0 Å². The van der Waals surface area contributed by atoms with Crippen molar-refractivity contribution in [2.24, 2.45) is 0 Å². The zero-order valence-corrected chi connectivity index (χ0v) is 16.7. The van der Waals surface area contributed by atoms with Crippen molar-refractivity contribution in [1.82, 2.24) is 14.8 Å². The minimum atomic E-state index is -0.338. The molecule has 4 rings (SSSR count). The first-order valence-electron chi connectivity index (χ1n) is 9.49. The zero-order chi connectivity index (χ0) is 20.4. The van der Waals surface area contributed by atoms with Gasteiger partial charge in [0, 0.05) is 11.3 Å². The highest BCUT2D eigenvalue weighted by Gasteiger charge is 2.19. The van der Waals surface area contributed by atoms with E-state index in [4.69, 9.17) is 0 Å². The molecule has 1 amide bonds. The highest BCUT2D eigenvalue weighted by molar-refractivity contribution is 6.01. The smallest absolute Gasteiger partial charge is 0.295 e. The van der Waals surface area contributed by atoms with E-state index in [2.05, 4.69) is 35.3 Å². The molecule has 0 fully saturated rings. The molecule has 5 nitrogen and oxygen atoms in total. The fraction of sp³-hybridized carbons (Fsp3) is 0.125. The summed E-state index contributed by atoms with van der Waals surface area (Å²) in [6, 6.07) is 23.5. The standard InChI is InChI=1S/C24H22N4O/c1-16-8-7-11-20(14-16)25-24(29)22-26-23(19-9-5-4-6-10-19)28(27-22)21-13-12-17(2)18(3)15-21/h4-15H,1-3H3,(H,25,29). The molecule has 1 N–H and O–H groups in total. The van der Waals surface area contributed by atoms with E-state index in [1.165, 1.54) is 5.56 Å². The molecular formula is C24H22N4O. The Morgan fingerprint density at radius 1 is 0.862 bits per heavy atom. The third kappa shape index (κ3) is 3.94. The first kappa shape index (κ1) is 18.6. The number of nitrogens with zero attached hydrogens (tertiary/aromatic N) is 3. The molecule has 0 saturated carbocycles. The van der Waals surface area contributed by atoms with Gasteiger partial charge in [-0.25, -0.2) is 9.67 Å². The van der Waals surface area contributed by atoms with Crippen LogP contribution in [0.5, 0.6) is 0 Å². The van der Waals surface area contributed by atoms with Crippen molar-refractivity contribution < 1.29 is 4.79 Å². The highest BCUT2D eigenvalue weighted by atomic mass is 16.2. The second-order valence-corrected chi connectivity index (χ2v) is 7.13. The number of carbonyl (C=O) groups excluding carboxylic acids is 1. The van der Waals surface area contributed by atoms with Gasteiger partial charge >= 0.3 is 0 Å². The number of hydrogen-bond acceptors (Lipinski definition) is 3. The fourth-order valence-electron chi connectivity index (χ4n) is 3.13. The number of anilines is 1. The first-order chi connectivity index (χ1) is 14.0. The largest absolute Gasteiger partial charge is 0.319 e. The lowest BCUT2D eigenvalue weighted by atomic mass is 10.1. The summed E-state index contributed by atoms with van der Waals surface area (Å²) in [5.41, 5.74) is 5.91. The molecule has 0 bridgehead atoms. The van der Waals surface area contributed by atoms with E-state index >= 15 is 0 Å². The highest BCUT2D eigenvalue weighted by Crippen LogP contribution is 2.23. The van der Waals surface area contributed by atoms with Gasteiger partial charge in [-0.1, -0.05) is 48.5 Å². The molecule has 0 unspecified atom stereocenters. The molecule has 1 aromatic heterocycles. The van der Waals surface area contributed by atoms with Crippen molar-refractivity contribution in [3.63, 3.8) is 0 Å². The van der Waals surface area contributed by atoms with Gasteiger partial charge in [-0.2, -0.15) is 0 Å². The lowest BCUT2D eigenvalue weighted by Gasteiger charge is -2.08. The van der Waals surface area contributed by atoms with Crippen LogP contribution in [0.25, 0.3) is 17.1 Å². The third-order valence-corrected chi connectivity index (χ3v) is 4.85. The summed E-state index contributed by atoms with van der Waals surface area (Å²) in [5, 5.41) is 7.43. The Morgan fingerprint density at radius 2 is 1.66 bits per heavy atom. The summed E-state index contributed by atoms with van der Waals surface area (Å²) in [4.78, 5) is 17.4. The minimum absolute atomic E-state index is 0.128. The second kappa shape index (κ2) is 7.72. The van der Waals surface area contributed by atoms with Crippen LogP contribution in [-0.4, -0.2) is 20.7 Å². The predicted octanol–water partition coefficient (Wildman–Crippen LogP) is 5.11. The van der Waals surface area contributed by atoms with E-state index in [0.29, 0.717) is 5.82 Å². The molecule has 0 aliphatic rings. The van der Waals surface area contributed by atoms with Crippen molar-refractivity contribution in [2.75, 3.05) is 5.32 Å². The van der Waals surface area contributed by atoms with Gasteiger partial charge in [0.15, 0.2) is 5.82 Å². The molecule has 1 heterocycles. The van der Waals surface area contributed by atoms with E-state index in [1.807, 2.05) is 73.7 Å². The maximum atomic E-state index is 12.8. The molecule has 4 aromatic rings. The normalized spacial score (nSPS) is 10.7. The van der Waals surface area contributed by atoms with Gasteiger partial charge in [-0.15, -0.1) is 5.10 Å². The van der Waals surface area contributed by atoms with Crippen LogP contribution in [0, 0.1) is 20.8 Å². The summed E-state index contributed by atoms with van der Waals surface area (Å²) in [5.74, 6) is 0.419. The van der Waals surface area contributed by atoms with Crippen LogP contribution in [0.4, 0.5) is 5.69 Å². The number of amides is 1. The van der Waals surface area contributed by atoms with Crippen LogP contribution in [0.15, 0.2) is 72.8 Å². The van der Waals surface area contributed by atoms with Gasteiger partial charge in [0.05, 0.1) is 5.69 Å². The Labute approximate surface area is 170 Å². The molecule has 5 heteroatoms. The molecule has 0 atom stereocenters. The third-order valence-electron chi connectivity index (χ3n) is 4.85. The molecule has 0 saturated heterocycles. The quantitative estimate of drug-likeness (QED) is 0.533. The lowest BCUT2D eigenvalue weighted by Crippen LogP contribution is -2.14. The first-order valence-corrected chi connectivity index (χ1v) is 9.49. The predicted molar refractivity (Wildman–Crippen MR) is 115 cm³/mol. The van der Waals surface area contributed by atoms with E-state index in [1.54, 1.807) is 4.68 Å². The number of nitrogens with one attached hydrogen (secondary N) is 1. The van der Waals surface area contributed by atoms with E-state index in [-0.39, 0.29) is 11.7 Å². The average Bonchev–Trinajstić information content (AvgIpc) is 3.16. The number of rotatable bonds is 4. The number of carbonyl (C=O) groups is 1. The fourth-order valence-corrected chi connectivity index (χ4v) is 3.13. The summed E-state index contributed by atoms with van der Waals surface area (Å²) in [7, 11) is 0. The summed E-state index contributed by atoms with van der Waals surface area (Å²) < 4.78 is 1.73. The topological polar surface area (TPSA) is 59.8 Å². The van der Waals surface area contributed by atoms with Crippen molar-refractivity contribution >= 4 is 11.6 Å². The zero-order valence-electron chi connectivity index (χ0n) is 16.7.